The van der Waals surface area contributed by atoms with Crippen molar-refractivity contribution in [2.24, 2.45) is 0 Å². The molecule has 0 aliphatic heterocycles. The molecule has 0 N–H and O–H groups in total. The topological polar surface area (TPSA) is 26.3 Å². The second-order valence-corrected chi connectivity index (χ2v) is 15.4. The molecule has 0 radical (unpaired) electrons. The maximum absolute atomic E-state index is 12.0. The van der Waals surface area contributed by atoms with E-state index in [1.165, 1.54) is 238 Å². The van der Waals surface area contributed by atoms with Gasteiger partial charge in [0.05, 0.1) is 6.61 Å². The molecule has 286 valence electrons. The van der Waals surface area contributed by atoms with E-state index >= 15 is 0 Å². The van der Waals surface area contributed by atoms with Gasteiger partial charge in [0, 0.05) is 6.42 Å². The number of rotatable bonds is 42. The first-order valence-corrected chi connectivity index (χ1v) is 22.6. The van der Waals surface area contributed by atoms with Crippen molar-refractivity contribution < 1.29 is 9.53 Å². The molecule has 0 amide bonds. The van der Waals surface area contributed by atoms with E-state index in [4.69, 9.17) is 4.74 Å². The highest BCUT2D eigenvalue weighted by molar-refractivity contribution is 5.69. The summed E-state index contributed by atoms with van der Waals surface area (Å²) < 4.78 is 5.48. The van der Waals surface area contributed by atoms with Gasteiger partial charge in [-0.05, 0) is 38.5 Å². The van der Waals surface area contributed by atoms with Gasteiger partial charge in [-0.15, -0.1) is 0 Å². The number of unbranched alkanes of at least 4 members (excludes halogenated alkanes) is 36. The summed E-state index contributed by atoms with van der Waals surface area (Å²) in [5, 5.41) is 0. The van der Waals surface area contributed by atoms with E-state index in [-0.39, 0.29) is 5.97 Å². The zero-order chi connectivity index (χ0) is 34.7. The first-order chi connectivity index (χ1) is 23.8. The van der Waals surface area contributed by atoms with Crippen LogP contribution in [0.2, 0.25) is 0 Å². The Morgan fingerprint density at radius 3 is 0.896 bits per heavy atom. The first-order valence-electron chi connectivity index (χ1n) is 22.6. The van der Waals surface area contributed by atoms with Gasteiger partial charge in [-0.1, -0.05) is 238 Å². The number of hydrogen-bond donors (Lipinski definition) is 0. The minimum atomic E-state index is 0.0288. The SMILES string of the molecule is CCCCCCCC/C=C\CCCCCCCCCCCCOC(=O)CCCCCCCCCCCCCCCCCCCCCCC. The highest BCUT2D eigenvalue weighted by Gasteiger charge is 2.03. The van der Waals surface area contributed by atoms with E-state index < -0.39 is 0 Å². The Balaban J connectivity index is 3.17. The monoisotopic (exact) mass is 675 g/mol. The molecule has 0 aliphatic carbocycles. The van der Waals surface area contributed by atoms with E-state index in [9.17, 15) is 4.79 Å². The van der Waals surface area contributed by atoms with Crippen molar-refractivity contribution in [2.45, 2.75) is 271 Å². The van der Waals surface area contributed by atoms with Crippen molar-refractivity contribution in [2.75, 3.05) is 6.61 Å². The first kappa shape index (κ1) is 47.2. The second kappa shape index (κ2) is 44.2. The van der Waals surface area contributed by atoms with Gasteiger partial charge in [-0.25, -0.2) is 0 Å². The molecule has 0 spiro atoms. The number of carbonyl (C=O) groups excluding carboxylic acids is 1. The van der Waals surface area contributed by atoms with E-state index in [1.807, 2.05) is 0 Å². The molecule has 0 unspecified atom stereocenters. The van der Waals surface area contributed by atoms with E-state index in [0.717, 1.165) is 12.8 Å². The van der Waals surface area contributed by atoms with Crippen LogP contribution in [-0.2, 0) is 9.53 Å². The smallest absolute Gasteiger partial charge is 0.305 e. The van der Waals surface area contributed by atoms with E-state index in [1.54, 1.807) is 0 Å². The minimum Gasteiger partial charge on any atom is -0.466 e. The van der Waals surface area contributed by atoms with Gasteiger partial charge in [0.1, 0.15) is 0 Å². The number of hydrogen-bond acceptors (Lipinski definition) is 2. The Labute approximate surface area is 304 Å². The maximum atomic E-state index is 12.0. The molecular weight excluding hydrogens is 585 g/mol. The Kier molecular flexibility index (Phi) is 43.5. The van der Waals surface area contributed by atoms with Gasteiger partial charge in [-0.2, -0.15) is 0 Å². The average Bonchev–Trinajstić information content (AvgIpc) is 3.09. The summed E-state index contributed by atoms with van der Waals surface area (Å²) in [5.41, 5.74) is 0. The fourth-order valence-corrected chi connectivity index (χ4v) is 7.02. The lowest BCUT2D eigenvalue weighted by Gasteiger charge is -2.06. The Morgan fingerprint density at radius 1 is 0.333 bits per heavy atom. The Hall–Kier alpha value is -0.790. The lowest BCUT2D eigenvalue weighted by atomic mass is 10.0. The molecule has 0 saturated carbocycles. The average molecular weight is 675 g/mol. The summed E-state index contributed by atoms with van der Waals surface area (Å²) in [6.07, 6.45) is 58.9. The van der Waals surface area contributed by atoms with Gasteiger partial charge in [0.25, 0.3) is 0 Å². The van der Waals surface area contributed by atoms with Crippen LogP contribution in [0.15, 0.2) is 12.2 Å². The van der Waals surface area contributed by atoms with Gasteiger partial charge < -0.3 is 4.74 Å². The molecule has 0 saturated heterocycles. The lowest BCUT2D eigenvalue weighted by Crippen LogP contribution is -2.05. The molecule has 0 aromatic heterocycles. The second-order valence-electron chi connectivity index (χ2n) is 15.4. The lowest BCUT2D eigenvalue weighted by molar-refractivity contribution is -0.143. The van der Waals surface area contributed by atoms with Crippen LogP contribution in [0.4, 0.5) is 0 Å². The van der Waals surface area contributed by atoms with Crippen LogP contribution < -0.4 is 0 Å². The van der Waals surface area contributed by atoms with Gasteiger partial charge in [-0.3, -0.25) is 4.79 Å². The number of ether oxygens (including phenoxy) is 1. The van der Waals surface area contributed by atoms with E-state index in [2.05, 4.69) is 26.0 Å². The van der Waals surface area contributed by atoms with Crippen molar-refractivity contribution in [3.8, 4) is 0 Å². The summed E-state index contributed by atoms with van der Waals surface area (Å²) in [6, 6.07) is 0. The minimum absolute atomic E-state index is 0.0288. The number of esters is 1. The predicted octanol–water partition coefficient (Wildman–Crippen LogP) is 16.7. The molecule has 48 heavy (non-hydrogen) atoms. The zero-order valence-electron chi connectivity index (χ0n) is 33.5. The van der Waals surface area contributed by atoms with Crippen molar-refractivity contribution in [1.82, 2.24) is 0 Å². The van der Waals surface area contributed by atoms with Gasteiger partial charge in [0.2, 0.25) is 0 Å². The van der Waals surface area contributed by atoms with Crippen LogP contribution in [0, 0.1) is 0 Å². The maximum Gasteiger partial charge on any atom is 0.305 e. The molecule has 0 fully saturated rings. The van der Waals surface area contributed by atoms with Gasteiger partial charge in [0.15, 0.2) is 0 Å². The molecule has 0 bridgehead atoms. The van der Waals surface area contributed by atoms with Crippen molar-refractivity contribution >= 4 is 5.97 Å². The van der Waals surface area contributed by atoms with Crippen LogP contribution in [0.3, 0.4) is 0 Å². The van der Waals surface area contributed by atoms with Crippen LogP contribution >= 0.6 is 0 Å². The standard InChI is InChI=1S/C46H90O2/c1-3-5-7-9-11-13-15-17-19-21-23-25-26-28-30-32-34-36-38-40-42-44-46(47)48-45-43-41-39-37-35-33-31-29-27-24-22-20-18-16-14-12-10-8-6-4-2/h18,20H,3-17,19,21-45H2,1-2H3/b20-18-. The molecular formula is C46H90O2. The molecule has 2 nitrogen and oxygen atoms in total. The predicted molar refractivity (Wildman–Crippen MR) is 216 cm³/mol. The fourth-order valence-electron chi connectivity index (χ4n) is 7.02. The van der Waals surface area contributed by atoms with Crippen LogP contribution in [0.1, 0.15) is 271 Å². The quantitative estimate of drug-likeness (QED) is 0.0366. The van der Waals surface area contributed by atoms with Crippen LogP contribution in [0.25, 0.3) is 0 Å². The number of allylic oxidation sites excluding steroid dienone is 2. The highest BCUT2D eigenvalue weighted by Crippen LogP contribution is 2.16. The van der Waals surface area contributed by atoms with Crippen molar-refractivity contribution in [1.29, 1.82) is 0 Å². The largest absolute Gasteiger partial charge is 0.466 e. The normalized spacial score (nSPS) is 11.6. The van der Waals surface area contributed by atoms with Gasteiger partial charge >= 0.3 is 5.97 Å². The fraction of sp³-hybridized carbons (Fsp3) is 0.935. The van der Waals surface area contributed by atoms with Crippen LogP contribution in [0.5, 0.6) is 0 Å². The van der Waals surface area contributed by atoms with Crippen LogP contribution in [-0.4, -0.2) is 12.6 Å². The Morgan fingerprint density at radius 2 is 0.583 bits per heavy atom. The molecule has 0 aliphatic rings. The molecule has 0 atom stereocenters. The highest BCUT2D eigenvalue weighted by atomic mass is 16.5. The zero-order valence-corrected chi connectivity index (χ0v) is 33.5. The molecule has 0 heterocycles. The third-order valence-corrected chi connectivity index (χ3v) is 10.4. The number of carbonyl (C=O) groups is 1. The molecule has 0 rings (SSSR count). The summed E-state index contributed by atoms with van der Waals surface area (Å²) in [6.45, 7) is 5.22. The Bertz CT molecular complexity index is 611. The third kappa shape index (κ3) is 43.2. The summed E-state index contributed by atoms with van der Waals surface area (Å²) in [7, 11) is 0. The third-order valence-electron chi connectivity index (χ3n) is 10.4. The molecule has 0 aromatic carbocycles. The summed E-state index contributed by atoms with van der Waals surface area (Å²) in [5.74, 6) is 0.0288. The van der Waals surface area contributed by atoms with Crippen molar-refractivity contribution in [3.05, 3.63) is 12.2 Å². The summed E-state index contributed by atoms with van der Waals surface area (Å²) >= 11 is 0. The van der Waals surface area contributed by atoms with E-state index in [0.29, 0.717) is 13.0 Å². The summed E-state index contributed by atoms with van der Waals surface area (Å²) in [4.78, 5) is 12.0. The van der Waals surface area contributed by atoms with Crippen molar-refractivity contribution in [3.63, 3.8) is 0 Å². The molecule has 0 aromatic rings. The molecule has 2 heteroatoms.